The van der Waals surface area contributed by atoms with Crippen LogP contribution >= 0.6 is 0 Å². The maximum Gasteiger partial charge on any atom is 0.101 e. The van der Waals surface area contributed by atoms with E-state index in [1.54, 1.807) is 0 Å². The third kappa shape index (κ3) is 6.27. The molecule has 0 amide bonds. The number of benzene rings is 7. The fourth-order valence-corrected chi connectivity index (χ4v) is 10.6. The Morgan fingerprint density at radius 2 is 1.06 bits per heavy atom. The summed E-state index contributed by atoms with van der Waals surface area (Å²) >= 11 is 0. The fraction of sp³-hybridized carbons (Fsp3) is 0.175. The van der Waals surface area contributed by atoms with Gasteiger partial charge in [-0.25, -0.2) is 0 Å². The lowest BCUT2D eigenvalue weighted by atomic mass is 9.95. The zero-order valence-electron chi connectivity index (χ0n) is 36.4. The first-order valence-corrected chi connectivity index (χ1v) is 22.1. The molecule has 0 bridgehead atoms. The van der Waals surface area contributed by atoms with Crippen molar-refractivity contribution in [1.82, 2.24) is 24.7 Å². The van der Waals surface area contributed by atoms with Gasteiger partial charge in [0.15, 0.2) is 0 Å². The molecule has 63 heavy (non-hydrogen) atoms. The van der Waals surface area contributed by atoms with Gasteiger partial charge in [-0.15, -0.1) is 0 Å². The topological polar surface area (TPSA) is 61.0 Å². The number of nitriles is 1. The van der Waals surface area contributed by atoms with Crippen LogP contribution in [0.5, 0.6) is 0 Å². The van der Waals surface area contributed by atoms with Crippen LogP contribution in [-0.2, 0) is 0 Å². The van der Waals surface area contributed by atoms with Crippen molar-refractivity contribution < 1.29 is 0 Å². The number of fused-ring (bicyclic) bond motifs is 6. The molecule has 9 aromatic rings. The van der Waals surface area contributed by atoms with Crippen molar-refractivity contribution in [3.8, 4) is 17.4 Å². The monoisotopic (exact) mass is 818 g/mol. The Morgan fingerprint density at radius 1 is 0.540 bits per heavy atom. The summed E-state index contributed by atoms with van der Waals surface area (Å²) in [5.74, 6) is 0. The largest absolute Gasteiger partial charge is 0.308 e. The zero-order chi connectivity index (χ0) is 42.9. The molecule has 2 aliphatic rings. The second-order valence-electron chi connectivity index (χ2n) is 17.5. The van der Waals surface area contributed by atoms with Crippen molar-refractivity contribution in [3.63, 3.8) is 0 Å². The van der Waals surface area contributed by atoms with Crippen LogP contribution in [0.3, 0.4) is 0 Å². The smallest absolute Gasteiger partial charge is 0.101 e. The standard InChI is InChI=1S/C57H50N6/c1-35-17-12-27-44-45-28-13-18-36(2)52(45)62(51(35)44)49-33-50(63-53-37(3)19-14-29-46(53)47-30-15-20-38(4)54(47)63)48(32-43(49)34-58)57-60-55(40-23-10-7-11-24-40)59-56(61(57)5)42-26-16-25-41(31-42)39-21-8-6-9-22-39/h7-8,10-33,55-57,59-60H,6,9H2,1-5H3. The first-order valence-electron chi connectivity index (χ1n) is 22.1. The second-order valence-corrected chi connectivity index (χ2v) is 17.5. The number of aromatic nitrogens is 2. The van der Waals surface area contributed by atoms with Gasteiger partial charge in [-0.2, -0.15) is 5.26 Å². The van der Waals surface area contributed by atoms with Gasteiger partial charge in [0, 0.05) is 27.1 Å². The van der Waals surface area contributed by atoms with Crippen LogP contribution in [0.4, 0.5) is 0 Å². The zero-order valence-corrected chi connectivity index (χ0v) is 36.4. The van der Waals surface area contributed by atoms with Crippen LogP contribution in [-0.4, -0.2) is 21.1 Å². The Bertz CT molecular complexity index is 3270. The third-order valence-corrected chi connectivity index (χ3v) is 13.6. The van der Waals surface area contributed by atoms with Crippen molar-refractivity contribution in [2.45, 2.75) is 59.0 Å². The number of hydrogen-bond donors (Lipinski definition) is 2. The summed E-state index contributed by atoms with van der Waals surface area (Å²) in [5.41, 5.74) is 17.6. The highest BCUT2D eigenvalue weighted by atomic mass is 15.4. The van der Waals surface area contributed by atoms with E-state index in [0.717, 1.165) is 57.5 Å². The Labute approximate surface area is 369 Å². The highest BCUT2D eigenvalue weighted by molar-refractivity contribution is 6.13. The summed E-state index contributed by atoms with van der Waals surface area (Å²) < 4.78 is 4.86. The van der Waals surface area contributed by atoms with Crippen LogP contribution in [0.1, 0.15) is 81.4 Å². The molecule has 1 aliphatic carbocycles. The SMILES string of the molecule is Cc1cccc2c3cccc(C)c3n(-c3cc(-n4c5c(C)cccc5c5cccc(C)c54)c(C4NC(c5ccccc5)NC(c5cccc(C6=CCCC=C6)c5)N4C)cc3C#N)c12. The normalized spacial score (nSPS) is 18.1. The number of allylic oxidation sites excluding steroid dienone is 4. The number of para-hydroxylation sites is 4. The average Bonchev–Trinajstić information content (AvgIpc) is 3.85. The van der Waals surface area contributed by atoms with E-state index >= 15 is 0 Å². The van der Waals surface area contributed by atoms with Gasteiger partial charge in [0.25, 0.3) is 0 Å². The lowest BCUT2D eigenvalue weighted by Gasteiger charge is -2.46. The fourth-order valence-electron chi connectivity index (χ4n) is 10.6. The maximum absolute atomic E-state index is 11.4. The Hall–Kier alpha value is -7.01. The number of aryl methyl sites for hydroxylation is 4. The first-order chi connectivity index (χ1) is 30.8. The lowest BCUT2D eigenvalue weighted by molar-refractivity contribution is 0.0416. The molecule has 0 radical (unpaired) electrons. The molecule has 0 spiro atoms. The average molecular weight is 819 g/mol. The van der Waals surface area contributed by atoms with Crippen LogP contribution in [0.15, 0.2) is 158 Å². The minimum atomic E-state index is -0.322. The van der Waals surface area contributed by atoms with Gasteiger partial charge in [-0.05, 0) is 110 Å². The molecular weight excluding hydrogens is 769 g/mol. The predicted octanol–water partition coefficient (Wildman–Crippen LogP) is 13.2. The molecule has 3 unspecified atom stereocenters. The van der Waals surface area contributed by atoms with Gasteiger partial charge in [-0.1, -0.05) is 140 Å². The summed E-state index contributed by atoms with van der Waals surface area (Å²) in [6.45, 7) is 8.80. The molecule has 11 rings (SSSR count). The molecule has 0 saturated carbocycles. The van der Waals surface area contributed by atoms with E-state index in [4.69, 9.17) is 0 Å². The van der Waals surface area contributed by atoms with Gasteiger partial charge in [-0.3, -0.25) is 15.5 Å². The maximum atomic E-state index is 11.4. The Morgan fingerprint density at radius 3 is 1.60 bits per heavy atom. The van der Waals surface area contributed by atoms with E-state index in [0.29, 0.717) is 5.56 Å². The highest BCUT2D eigenvalue weighted by Gasteiger charge is 2.37. The van der Waals surface area contributed by atoms with E-state index < -0.39 is 0 Å². The number of hydrogen-bond acceptors (Lipinski definition) is 4. The Balaban J connectivity index is 1.22. The first kappa shape index (κ1) is 38.9. The quantitative estimate of drug-likeness (QED) is 0.175. The number of nitrogens with zero attached hydrogens (tertiary/aromatic N) is 4. The number of nitrogens with one attached hydrogen (secondary N) is 2. The summed E-state index contributed by atoms with van der Waals surface area (Å²) in [7, 11) is 2.20. The van der Waals surface area contributed by atoms with Gasteiger partial charge in [0.2, 0.25) is 0 Å². The summed E-state index contributed by atoms with van der Waals surface area (Å²) in [6, 6.07) is 53.3. The van der Waals surface area contributed by atoms with Gasteiger partial charge >= 0.3 is 0 Å². The van der Waals surface area contributed by atoms with Gasteiger partial charge in [0.05, 0.1) is 57.5 Å². The van der Waals surface area contributed by atoms with Crippen molar-refractivity contribution in [2.24, 2.45) is 0 Å². The van der Waals surface area contributed by atoms with E-state index in [-0.39, 0.29) is 18.5 Å². The van der Waals surface area contributed by atoms with Crippen LogP contribution < -0.4 is 10.6 Å². The van der Waals surface area contributed by atoms with Crippen LogP contribution in [0.2, 0.25) is 0 Å². The lowest BCUT2D eigenvalue weighted by Crippen LogP contribution is -2.55. The molecule has 6 nitrogen and oxygen atoms in total. The van der Waals surface area contributed by atoms with Gasteiger partial charge in [0.1, 0.15) is 6.07 Å². The summed E-state index contributed by atoms with van der Waals surface area (Å²) in [5, 5.41) is 24.3. The van der Waals surface area contributed by atoms with Crippen molar-refractivity contribution in [1.29, 1.82) is 5.26 Å². The summed E-state index contributed by atoms with van der Waals surface area (Å²) in [4.78, 5) is 2.41. The molecule has 2 aromatic heterocycles. The Kier molecular flexibility index (Phi) is 9.51. The molecule has 1 fully saturated rings. The minimum Gasteiger partial charge on any atom is -0.308 e. The molecule has 1 aliphatic heterocycles. The molecule has 308 valence electrons. The molecule has 6 heteroatoms. The van der Waals surface area contributed by atoms with Crippen LogP contribution in [0.25, 0.3) is 60.6 Å². The van der Waals surface area contributed by atoms with Crippen molar-refractivity contribution >= 4 is 49.2 Å². The predicted molar refractivity (Wildman–Crippen MR) is 260 cm³/mol. The second kappa shape index (κ2) is 15.4. The van der Waals surface area contributed by atoms with E-state index in [2.05, 4.69) is 223 Å². The van der Waals surface area contributed by atoms with Gasteiger partial charge < -0.3 is 9.13 Å². The van der Waals surface area contributed by atoms with E-state index in [1.165, 1.54) is 60.4 Å². The van der Waals surface area contributed by atoms with E-state index in [9.17, 15) is 5.26 Å². The van der Waals surface area contributed by atoms with E-state index in [1.807, 2.05) is 0 Å². The molecule has 1 saturated heterocycles. The molecule has 7 aromatic carbocycles. The molecule has 3 heterocycles. The highest BCUT2D eigenvalue weighted by Crippen LogP contribution is 2.44. The number of rotatable bonds is 6. The van der Waals surface area contributed by atoms with Crippen LogP contribution in [0, 0.1) is 39.0 Å². The third-order valence-electron chi connectivity index (χ3n) is 13.6. The van der Waals surface area contributed by atoms with Crippen molar-refractivity contribution in [3.05, 3.63) is 208 Å². The summed E-state index contributed by atoms with van der Waals surface area (Å²) in [6.07, 6.45) is 8.32. The molecule has 2 N–H and O–H groups in total. The molecule has 3 atom stereocenters. The van der Waals surface area contributed by atoms with Crippen molar-refractivity contribution in [2.75, 3.05) is 7.05 Å². The minimum absolute atomic E-state index is 0.170. The molecular formula is C57H50N6.